The molecule has 2 aliphatic rings. The van der Waals surface area contributed by atoms with Crippen molar-refractivity contribution in [3.8, 4) is 0 Å². The van der Waals surface area contributed by atoms with Gasteiger partial charge in [-0.3, -0.25) is 14.8 Å². The Balaban J connectivity index is 1.35. The molecular weight excluding hydrogens is 394 g/mol. The van der Waals surface area contributed by atoms with E-state index in [1.54, 1.807) is 12.5 Å². The molecule has 8 nitrogen and oxygen atoms in total. The number of nitrogens with zero attached hydrogens (tertiary/aromatic N) is 3. The lowest BCUT2D eigenvalue weighted by Gasteiger charge is -2.27. The standard InChI is InChI=1S/C23H35N5O3/c1-2-11-28(10-1)21(22-6-4-16-31-22)19-26-23(24-8-7-20-5-3-15-30-20)25-9-12-27-13-17-29-18-14-27/h3-6,15-16,21H,1-2,7-14,17-19H2,(H2,24,25,26). The minimum Gasteiger partial charge on any atom is -0.469 e. The van der Waals surface area contributed by atoms with Crippen LogP contribution in [0.25, 0.3) is 0 Å². The molecule has 2 aromatic heterocycles. The van der Waals surface area contributed by atoms with Crippen LogP contribution in [0, 0.1) is 0 Å². The SMILES string of the molecule is c1coc(CCNC(=NCC(c2ccco2)N2CCCC2)NCCN2CCOCC2)c1. The number of rotatable bonds is 10. The zero-order valence-electron chi connectivity index (χ0n) is 18.3. The van der Waals surface area contributed by atoms with Gasteiger partial charge in [0.25, 0.3) is 0 Å². The Bertz CT molecular complexity index is 750. The highest BCUT2D eigenvalue weighted by Crippen LogP contribution is 2.25. The lowest BCUT2D eigenvalue weighted by molar-refractivity contribution is 0.0389. The molecule has 2 aliphatic heterocycles. The Kier molecular flexibility index (Phi) is 8.44. The van der Waals surface area contributed by atoms with Crippen LogP contribution in [0.1, 0.15) is 30.4 Å². The number of nitrogens with one attached hydrogen (secondary N) is 2. The van der Waals surface area contributed by atoms with Gasteiger partial charge in [-0.1, -0.05) is 0 Å². The highest BCUT2D eigenvalue weighted by molar-refractivity contribution is 5.79. The molecule has 0 saturated carbocycles. The van der Waals surface area contributed by atoms with E-state index in [0.29, 0.717) is 6.54 Å². The van der Waals surface area contributed by atoms with Crippen LogP contribution in [0.5, 0.6) is 0 Å². The van der Waals surface area contributed by atoms with Gasteiger partial charge in [0.15, 0.2) is 5.96 Å². The van der Waals surface area contributed by atoms with Crippen molar-refractivity contribution in [1.82, 2.24) is 20.4 Å². The molecule has 0 aliphatic carbocycles. The predicted molar refractivity (Wildman–Crippen MR) is 120 cm³/mol. The normalized spacial score (nSPS) is 19.5. The van der Waals surface area contributed by atoms with Crippen LogP contribution in [0.2, 0.25) is 0 Å². The summed E-state index contributed by atoms with van der Waals surface area (Å²) in [6.45, 7) is 9.11. The molecule has 4 rings (SSSR count). The molecule has 2 aromatic rings. The van der Waals surface area contributed by atoms with Crippen LogP contribution < -0.4 is 10.6 Å². The number of likely N-dealkylation sites (tertiary alicyclic amines) is 1. The second-order valence-corrected chi connectivity index (χ2v) is 8.10. The van der Waals surface area contributed by atoms with E-state index >= 15 is 0 Å². The molecule has 1 atom stereocenters. The number of morpholine rings is 1. The number of aliphatic imine (C=N–C) groups is 1. The number of hydrogen-bond acceptors (Lipinski definition) is 6. The third-order valence-electron chi connectivity index (χ3n) is 5.94. The van der Waals surface area contributed by atoms with Gasteiger partial charge in [0.2, 0.25) is 0 Å². The van der Waals surface area contributed by atoms with E-state index in [1.165, 1.54) is 12.8 Å². The molecule has 4 heterocycles. The largest absolute Gasteiger partial charge is 0.469 e. The summed E-state index contributed by atoms with van der Waals surface area (Å²) in [5.74, 6) is 2.81. The van der Waals surface area contributed by atoms with E-state index in [1.807, 2.05) is 18.2 Å². The molecule has 2 fully saturated rings. The highest BCUT2D eigenvalue weighted by Gasteiger charge is 2.25. The van der Waals surface area contributed by atoms with Gasteiger partial charge in [0.05, 0.1) is 38.3 Å². The summed E-state index contributed by atoms with van der Waals surface area (Å²) in [4.78, 5) is 9.85. The van der Waals surface area contributed by atoms with E-state index in [0.717, 1.165) is 82.9 Å². The monoisotopic (exact) mass is 429 g/mol. The summed E-state index contributed by atoms with van der Waals surface area (Å²) in [5, 5.41) is 6.99. The van der Waals surface area contributed by atoms with E-state index in [4.69, 9.17) is 18.6 Å². The van der Waals surface area contributed by atoms with Gasteiger partial charge in [0.1, 0.15) is 11.5 Å². The maximum absolute atomic E-state index is 5.75. The number of guanidine groups is 1. The highest BCUT2D eigenvalue weighted by atomic mass is 16.5. The fourth-order valence-corrected chi connectivity index (χ4v) is 4.19. The molecule has 0 spiro atoms. The zero-order chi connectivity index (χ0) is 21.1. The Labute approximate surface area is 184 Å². The summed E-state index contributed by atoms with van der Waals surface area (Å²) in [6.07, 6.45) is 6.78. The van der Waals surface area contributed by atoms with Crippen molar-refractivity contribution in [3.63, 3.8) is 0 Å². The summed E-state index contributed by atoms with van der Waals surface area (Å²) >= 11 is 0. The summed E-state index contributed by atoms with van der Waals surface area (Å²) in [5.41, 5.74) is 0. The van der Waals surface area contributed by atoms with Gasteiger partial charge in [-0.05, 0) is 50.2 Å². The second kappa shape index (κ2) is 11.9. The maximum Gasteiger partial charge on any atom is 0.191 e. The molecule has 8 heteroatoms. The van der Waals surface area contributed by atoms with Crippen molar-refractivity contribution < 1.29 is 13.6 Å². The van der Waals surface area contributed by atoms with Crippen molar-refractivity contribution >= 4 is 5.96 Å². The third kappa shape index (κ3) is 6.85. The molecule has 2 N–H and O–H groups in total. The Morgan fingerprint density at radius 3 is 2.48 bits per heavy atom. The van der Waals surface area contributed by atoms with Gasteiger partial charge in [-0.15, -0.1) is 0 Å². The van der Waals surface area contributed by atoms with E-state index in [2.05, 4.69) is 26.5 Å². The minimum atomic E-state index is 0.181. The Morgan fingerprint density at radius 1 is 0.968 bits per heavy atom. The van der Waals surface area contributed by atoms with Gasteiger partial charge < -0.3 is 24.2 Å². The molecule has 0 amide bonds. The van der Waals surface area contributed by atoms with Crippen LogP contribution in [0.3, 0.4) is 0 Å². The molecule has 2 saturated heterocycles. The number of ether oxygens (including phenoxy) is 1. The summed E-state index contributed by atoms with van der Waals surface area (Å²) in [6, 6.07) is 8.14. The minimum absolute atomic E-state index is 0.181. The third-order valence-corrected chi connectivity index (χ3v) is 5.94. The first-order chi connectivity index (χ1) is 15.4. The molecule has 170 valence electrons. The molecular formula is C23H35N5O3. The fraction of sp³-hybridized carbons (Fsp3) is 0.609. The van der Waals surface area contributed by atoms with E-state index in [-0.39, 0.29) is 6.04 Å². The van der Waals surface area contributed by atoms with Crippen molar-refractivity contribution in [2.75, 3.05) is 65.6 Å². The number of hydrogen-bond donors (Lipinski definition) is 2. The molecule has 1 unspecified atom stereocenters. The smallest absolute Gasteiger partial charge is 0.191 e. The van der Waals surface area contributed by atoms with Crippen molar-refractivity contribution in [2.24, 2.45) is 4.99 Å². The van der Waals surface area contributed by atoms with Crippen LogP contribution in [0.15, 0.2) is 50.6 Å². The van der Waals surface area contributed by atoms with Gasteiger partial charge >= 0.3 is 0 Å². The van der Waals surface area contributed by atoms with Crippen LogP contribution in [-0.2, 0) is 11.2 Å². The fourth-order valence-electron chi connectivity index (χ4n) is 4.19. The average Bonchev–Trinajstić information content (AvgIpc) is 3.58. The first kappa shape index (κ1) is 21.9. The topological polar surface area (TPSA) is 78.4 Å². The van der Waals surface area contributed by atoms with Crippen molar-refractivity contribution in [2.45, 2.75) is 25.3 Å². The van der Waals surface area contributed by atoms with Crippen LogP contribution >= 0.6 is 0 Å². The van der Waals surface area contributed by atoms with Gasteiger partial charge in [0, 0.05) is 39.1 Å². The zero-order valence-corrected chi connectivity index (χ0v) is 18.3. The molecule has 0 radical (unpaired) electrons. The first-order valence-corrected chi connectivity index (χ1v) is 11.5. The Hall–Kier alpha value is -2.29. The van der Waals surface area contributed by atoms with E-state index in [9.17, 15) is 0 Å². The maximum atomic E-state index is 5.75. The van der Waals surface area contributed by atoms with Crippen LogP contribution in [0.4, 0.5) is 0 Å². The van der Waals surface area contributed by atoms with Gasteiger partial charge in [-0.2, -0.15) is 0 Å². The van der Waals surface area contributed by atoms with Crippen LogP contribution in [-0.4, -0.2) is 81.3 Å². The Morgan fingerprint density at radius 2 is 1.74 bits per heavy atom. The van der Waals surface area contributed by atoms with Gasteiger partial charge in [-0.25, -0.2) is 0 Å². The van der Waals surface area contributed by atoms with E-state index < -0.39 is 0 Å². The summed E-state index contributed by atoms with van der Waals surface area (Å²) < 4.78 is 16.6. The lowest BCUT2D eigenvalue weighted by atomic mass is 10.2. The first-order valence-electron chi connectivity index (χ1n) is 11.5. The quantitative estimate of drug-likeness (QED) is 0.442. The average molecular weight is 430 g/mol. The lowest BCUT2D eigenvalue weighted by Crippen LogP contribution is -2.45. The van der Waals surface area contributed by atoms with Crippen molar-refractivity contribution in [3.05, 3.63) is 48.3 Å². The second-order valence-electron chi connectivity index (χ2n) is 8.10. The molecule has 0 bridgehead atoms. The summed E-state index contributed by atoms with van der Waals surface area (Å²) in [7, 11) is 0. The molecule has 0 aromatic carbocycles. The molecule has 31 heavy (non-hydrogen) atoms. The number of furan rings is 2. The van der Waals surface area contributed by atoms with Crippen molar-refractivity contribution in [1.29, 1.82) is 0 Å². The predicted octanol–water partition coefficient (Wildman–Crippen LogP) is 2.12.